The fraction of sp³-hybridized carbons (Fsp3) is 0.609. The number of hydrogen-bond donors (Lipinski definition) is 2. The first-order valence-electron chi connectivity index (χ1n) is 11.0. The second kappa shape index (κ2) is 10.3. The Labute approximate surface area is 183 Å². The molecule has 1 heterocycles. The molecule has 0 spiro atoms. The van der Waals surface area contributed by atoms with Crippen molar-refractivity contribution >= 4 is 29.3 Å². The van der Waals surface area contributed by atoms with Crippen molar-refractivity contribution in [2.24, 2.45) is 5.92 Å². The molecular weight excluding hydrogens is 402 g/mol. The van der Waals surface area contributed by atoms with E-state index in [4.69, 9.17) is 11.6 Å². The molecule has 6 nitrogen and oxygen atoms in total. The molecule has 0 aromatic heterocycles. The third-order valence-corrected chi connectivity index (χ3v) is 6.50. The molecule has 1 aliphatic carbocycles. The Hall–Kier alpha value is -2.08. The molecule has 1 saturated carbocycles. The van der Waals surface area contributed by atoms with Gasteiger partial charge in [-0.2, -0.15) is 0 Å². The van der Waals surface area contributed by atoms with E-state index >= 15 is 0 Å². The van der Waals surface area contributed by atoms with Crippen molar-refractivity contribution in [3.63, 3.8) is 0 Å². The van der Waals surface area contributed by atoms with E-state index in [1.807, 2.05) is 31.2 Å². The maximum absolute atomic E-state index is 12.9. The first kappa shape index (κ1) is 22.6. The number of carbonyl (C=O) groups excluding carboxylic acids is 3. The smallest absolute Gasteiger partial charge is 0.251 e. The van der Waals surface area contributed by atoms with Crippen molar-refractivity contribution in [1.29, 1.82) is 0 Å². The quantitative estimate of drug-likeness (QED) is 0.700. The predicted molar refractivity (Wildman–Crippen MR) is 117 cm³/mol. The van der Waals surface area contributed by atoms with Gasteiger partial charge in [0.25, 0.3) is 5.91 Å². The number of halogens is 1. The highest BCUT2D eigenvalue weighted by Crippen LogP contribution is 2.23. The molecule has 1 saturated heterocycles. The van der Waals surface area contributed by atoms with Crippen LogP contribution in [0.15, 0.2) is 24.3 Å². The van der Waals surface area contributed by atoms with Crippen LogP contribution in [-0.2, 0) is 9.59 Å². The molecule has 7 heteroatoms. The van der Waals surface area contributed by atoms with Gasteiger partial charge in [-0.05, 0) is 51.2 Å². The van der Waals surface area contributed by atoms with E-state index in [9.17, 15) is 14.4 Å². The van der Waals surface area contributed by atoms with Gasteiger partial charge >= 0.3 is 0 Å². The summed E-state index contributed by atoms with van der Waals surface area (Å²) in [6, 6.07) is 7.43. The van der Waals surface area contributed by atoms with Crippen LogP contribution in [0.3, 0.4) is 0 Å². The van der Waals surface area contributed by atoms with Crippen LogP contribution in [0.1, 0.15) is 61.4 Å². The van der Waals surface area contributed by atoms with E-state index < -0.39 is 5.38 Å². The Balaban J connectivity index is 1.55. The topological polar surface area (TPSA) is 78.5 Å². The zero-order valence-corrected chi connectivity index (χ0v) is 18.6. The third-order valence-electron chi connectivity index (χ3n) is 6.32. The molecule has 0 bridgehead atoms. The van der Waals surface area contributed by atoms with Gasteiger partial charge in [0.2, 0.25) is 11.8 Å². The number of hydrogen-bond acceptors (Lipinski definition) is 3. The Morgan fingerprint density at radius 3 is 2.20 bits per heavy atom. The highest BCUT2D eigenvalue weighted by atomic mass is 35.5. The third kappa shape index (κ3) is 5.54. The lowest BCUT2D eigenvalue weighted by Crippen LogP contribution is -2.55. The molecular formula is C23H32ClN3O3. The number of amides is 3. The lowest BCUT2D eigenvalue weighted by molar-refractivity contribution is -0.135. The second-order valence-corrected chi connectivity index (χ2v) is 9.16. The van der Waals surface area contributed by atoms with E-state index in [0.717, 1.165) is 31.2 Å². The fourth-order valence-electron chi connectivity index (χ4n) is 4.46. The van der Waals surface area contributed by atoms with Gasteiger partial charge in [0.1, 0.15) is 5.38 Å². The van der Waals surface area contributed by atoms with Gasteiger partial charge in [-0.15, -0.1) is 11.6 Å². The minimum Gasteiger partial charge on any atom is -0.351 e. The molecule has 3 atom stereocenters. The van der Waals surface area contributed by atoms with Crippen molar-refractivity contribution in [3.05, 3.63) is 35.4 Å². The van der Waals surface area contributed by atoms with E-state index in [0.29, 0.717) is 31.5 Å². The highest BCUT2D eigenvalue weighted by Gasteiger charge is 2.33. The van der Waals surface area contributed by atoms with Crippen molar-refractivity contribution in [2.75, 3.05) is 13.1 Å². The second-order valence-electron chi connectivity index (χ2n) is 8.51. The maximum Gasteiger partial charge on any atom is 0.251 e. The first-order valence-corrected chi connectivity index (χ1v) is 11.4. The summed E-state index contributed by atoms with van der Waals surface area (Å²) in [4.78, 5) is 39.4. The Morgan fingerprint density at radius 1 is 1.00 bits per heavy atom. The minimum atomic E-state index is -0.532. The SMILES string of the molecule is Cc1ccccc1C(=O)N[C@@H]1CCCC[C@H]1NC(=O)C1CCN(C(=O)C(C)Cl)CC1. The van der Waals surface area contributed by atoms with Gasteiger partial charge in [0, 0.05) is 36.7 Å². The Bertz CT molecular complexity index is 775. The maximum atomic E-state index is 12.9. The minimum absolute atomic E-state index is 0.0306. The van der Waals surface area contributed by atoms with Crippen molar-refractivity contribution in [1.82, 2.24) is 15.5 Å². The molecule has 1 aromatic carbocycles. The predicted octanol–water partition coefficient (Wildman–Crippen LogP) is 3.02. The standard InChI is InChI=1S/C23H32ClN3O3/c1-15-7-3-4-8-18(15)22(29)26-20-10-6-5-9-19(20)25-21(28)17-11-13-27(14-12-17)23(30)16(2)24/h3-4,7-8,16-17,19-20H,5-6,9-14H2,1-2H3,(H,25,28)(H,26,29)/t16?,19-,20-/m1/s1. The molecule has 0 radical (unpaired) electrons. The number of likely N-dealkylation sites (tertiary alicyclic amines) is 1. The zero-order valence-electron chi connectivity index (χ0n) is 17.8. The summed E-state index contributed by atoms with van der Waals surface area (Å²) in [5.41, 5.74) is 1.62. The van der Waals surface area contributed by atoms with Crippen LogP contribution in [0.5, 0.6) is 0 Å². The van der Waals surface area contributed by atoms with Crippen molar-refractivity contribution in [2.45, 2.75) is 69.8 Å². The zero-order chi connectivity index (χ0) is 21.7. The van der Waals surface area contributed by atoms with E-state index in [2.05, 4.69) is 10.6 Å². The average Bonchev–Trinajstić information content (AvgIpc) is 2.74. The normalized spacial score (nSPS) is 23.5. The lowest BCUT2D eigenvalue weighted by Gasteiger charge is -2.36. The van der Waals surface area contributed by atoms with Crippen LogP contribution in [0.4, 0.5) is 0 Å². The van der Waals surface area contributed by atoms with Crippen molar-refractivity contribution < 1.29 is 14.4 Å². The summed E-state index contributed by atoms with van der Waals surface area (Å²) < 4.78 is 0. The number of alkyl halides is 1. The number of nitrogens with one attached hydrogen (secondary N) is 2. The summed E-state index contributed by atoms with van der Waals surface area (Å²) in [6.07, 6.45) is 5.11. The summed E-state index contributed by atoms with van der Waals surface area (Å²) in [6.45, 7) is 4.73. The molecule has 164 valence electrons. The Kier molecular flexibility index (Phi) is 7.75. The number of nitrogens with zero attached hydrogens (tertiary/aromatic N) is 1. The summed E-state index contributed by atoms with van der Waals surface area (Å²) in [7, 11) is 0. The average molecular weight is 434 g/mol. The van der Waals surface area contributed by atoms with Crippen LogP contribution in [0.25, 0.3) is 0 Å². The van der Waals surface area contributed by atoms with Crippen LogP contribution < -0.4 is 10.6 Å². The van der Waals surface area contributed by atoms with Crippen LogP contribution in [-0.4, -0.2) is 53.2 Å². The largest absolute Gasteiger partial charge is 0.351 e. The van der Waals surface area contributed by atoms with Crippen LogP contribution in [0, 0.1) is 12.8 Å². The van der Waals surface area contributed by atoms with Gasteiger partial charge in [0.05, 0.1) is 0 Å². The molecule has 1 unspecified atom stereocenters. The van der Waals surface area contributed by atoms with Gasteiger partial charge in [0.15, 0.2) is 0 Å². The number of piperidine rings is 1. The van der Waals surface area contributed by atoms with Crippen LogP contribution in [0.2, 0.25) is 0 Å². The van der Waals surface area contributed by atoms with Gasteiger partial charge in [-0.25, -0.2) is 0 Å². The summed E-state index contributed by atoms with van der Waals surface area (Å²) in [5.74, 6) is -0.222. The molecule has 3 amide bonds. The number of benzene rings is 1. The number of rotatable bonds is 5. The summed E-state index contributed by atoms with van der Waals surface area (Å²) in [5, 5.41) is 5.81. The van der Waals surface area contributed by atoms with E-state index in [1.165, 1.54) is 0 Å². The number of carbonyl (C=O) groups is 3. The van der Waals surface area contributed by atoms with Crippen LogP contribution >= 0.6 is 11.6 Å². The highest BCUT2D eigenvalue weighted by molar-refractivity contribution is 6.30. The molecule has 1 aliphatic heterocycles. The van der Waals surface area contributed by atoms with Gasteiger partial charge < -0.3 is 15.5 Å². The molecule has 30 heavy (non-hydrogen) atoms. The monoisotopic (exact) mass is 433 g/mol. The Morgan fingerprint density at radius 2 is 1.60 bits per heavy atom. The molecule has 3 rings (SSSR count). The molecule has 2 fully saturated rings. The van der Waals surface area contributed by atoms with E-state index in [-0.39, 0.29) is 35.7 Å². The fourth-order valence-corrected chi connectivity index (χ4v) is 4.60. The van der Waals surface area contributed by atoms with E-state index in [1.54, 1.807) is 11.8 Å². The van der Waals surface area contributed by atoms with Gasteiger partial charge in [-0.3, -0.25) is 14.4 Å². The van der Waals surface area contributed by atoms with Crippen molar-refractivity contribution in [3.8, 4) is 0 Å². The molecule has 1 aromatic rings. The first-order chi connectivity index (χ1) is 14.4. The molecule has 2 N–H and O–H groups in total. The molecule has 2 aliphatic rings. The summed E-state index contributed by atoms with van der Waals surface area (Å²) >= 11 is 5.90. The lowest BCUT2D eigenvalue weighted by atomic mass is 9.88. The van der Waals surface area contributed by atoms with Gasteiger partial charge in [-0.1, -0.05) is 31.0 Å². The number of aryl methyl sites for hydroxylation is 1.